The molecule has 0 saturated heterocycles. The molecule has 10 heteroatoms. The topological polar surface area (TPSA) is 90.0 Å². The van der Waals surface area contributed by atoms with Crippen molar-refractivity contribution in [3.05, 3.63) is 64.6 Å². The third kappa shape index (κ3) is 2.67. The molecular weight excluding hydrogens is 380 g/mol. The average Bonchev–Trinajstić information content (AvgIpc) is 3.23. The molecule has 8 nitrogen and oxygen atoms in total. The van der Waals surface area contributed by atoms with Gasteiger partial charge >= 0.3 is 0 Å². The van der Waals surface area contributed by atoms with Gasteiger partial charge in [-0.05, 0) is 49.7 Å². The first-order chi connectivity index (χ1) is 13.9. The maximum absolute atomic E-state index is 14.5. The third-order valence-corrected chi connectivity index (χ3v) is 5.06. The van der Waals surface area contributed by atoms with Crippen molar-refractivity contribution in [2.45, 2.75) is 26.2 Å². The van der Waals surface area contributed by atoms with Crippen molar-refractivity contribution in [3.63, 3.8) is 0 Å². The molecule has 4 aromatic rings. The number of carbonyl (C=O) groups excluding carboxylic acids is 1. The molecule has 146 valence electrons. The summed E-state index contributed by atoms with van der Waals surface area (Å²) < 4.78 is 31.3. The Morgan fingerprint density at radius 1 is 1.10 bits per heavy atom. The van der Waals surface area contributed by atoms with E-state index < -0.39 is 17.6 Å². The van der Waals surface area contributed by atoms with Crippen molar-refractivity contribution in [1.29, 1.82) is 0 Å². The maximum atomic E-state index is 14.5. The van der Waals surface area contributed by atoms with Crippen molar-refractivity contribution in [3.8, 4) is 5.82 Å². The van der Waals surface area contributed by atoms with Gasteiger partial charge in [-0.1, -0.05) is 0 Å². The van der Waals surface area contributed by atoms with E-state index in [1.807, 2.05) is 0 Å². The summed E-state index contributed by atoms with van der Waals surface area (Å²) in [6.07, 6.45) is -0.00306. The number of amides is 1. The Balaban J connectivity index is 1.70. The van der Waals surface area contributed by atoms with Gasteiger partial charge in [-0.2, -0.15) is 14.3 Å². The molecule has 29 heavy (non-hydrogen) atoms. The zero-order valence-electron chi connectivity index (χ0n) is 15.5. The standard InChI is InChI=1S/C19H15F2N7O/c1-9-18-13(12-7-11(20)3-4-14(12)21)8-17(29)22-19(18)28(25-9)16-6-5-15-24-23-10(2)27(15)26-16/h3-7,13H,8H2,1-2H3,(H,22,29). The van der Waals surface area contributed by atoms with Crippen LogP contribution in [0.5, 0.6) is 0 Å². The smallest absolute Gasteiger partial charge is 0.226 e. The summed E-state index contributed by atoms with van der Waals surface area (Å²) in [5, 5.41) is 19.8. The summed E-state index contributed by atoms with van der Waals surface area (Å²) in [5.41, 5.74) is 1.93. The summed E-state index contributed by atoms with van der Waals surface area (Å²) in [6.45, 7) is 3.53. The van der Waals surface area contributed by atoms with Crippen LogP contribution in [0, 0.1) is 25.5 Å². The number of hydrogen-bond donors (Lipinski definition) is 1. The van der Waals surface area contributed by atoms with E-state index in [0.717, 1.165) is 18.2 Å². The number of aryl methyl sites for hydroxylation is 2. The molecule has 0 bridgehead atoms. The Bertz CT molecular complexity index is 1290. The number of rotatable bonds is 2. The highest BCUT2D eigenvalue weighted by Gasteiger charge is 2.34. The fourth-order valence-corrected chi connectivity index (χ4v) is 3.76. The van der Waals surface area contributed by atoms with Gasteiger partial charge in [-0.3, -0.25) is 4.79 Å². The van der Waals surface area contributed by atoms with Crippen LogP contribution in [0.4, 0.5) is 14.6 Å². The fraction of sp³-hybridized carbons (Fsp3) is 0.211. The van der Waals surface area contributed by atoms with Gasteiger partial charge < -0.3 is 5.32 Å². The molecule has 1 aromatic carbocycles. The second-order valence-electron chi connectivity index (χ2n) is 6.94. The normalized spacial score (nSPS) is 16.1. The van der Waals surface area contributed by atoms with Gasteiger partial charge in [-0.25, -0.2) is 8.78 Å². The van der Waals surface area contributed by atoms with E-state index in [1.165, 1.54) is 4.68 Å². The quantitative estimate of drug-likeness (QED) is 0.564. The zero-order valence-corrected chi connectivity index (χ0v) is 15.5. The Hall–Kier alpha value is -3.69. The lowest BCUT2D eigenvalue weighted by atomic mass is 9.85. The number of halogens is 2. The largest absolute Gasteiger partial charge is 0.310 e. The van der Waals surface area contributed by atoms with E-state index in [1.54, 1.807) is 30.5 Å². The highest BCUT2D eigenvalue weighted by Crippen LogP contribution is 2.41. The number of nitrogens with zero attached hydrogens (tertiary/aromatic N) is 6. The van der Waals surface area contributed by atoms with Gasteiger partial charge in [0.25, 0.3) is 0 Å². The molecule has 1 amide bonds. The van der Waals surface area contributed by atoms with Gasteiger partial charge in [0.1, 0.15) is 17.5 Å². The van der Waals surface area contributed by atoms with Crippen LogP contribution in [0.15, 0.2) is 30.3 Å². The predicted molar refractivity (Wildman–Crippen MR) is 98.8 cm³/mol. The van der Waals surface area contributed by atoms with Gasteiger partial charge in [0.05, 0.1) is 5.69 Å². The minimum atomic E-state index is -0.649. The highest BCUT2D eigenvalue weighted by atomic mass is 19.1. The number of aromatic nitrogens is 6. The van der Waals surface area contributed by atoms with Crippen LogP contribution >= 0.6 is 0 Å². The first-order valence-electron chi connectivity index (χ1n) is 8.96. The number of anilines is 1. The lowest BCUT2D eigenvalue weighted by Gasteiger charge is -2.24. The summed E-state index contributed by atoms with van der Waals surface area (Å²) >= 11 is 0. The average molecular weight is 395 g/mol. The van der Waals surface area contributed by atoms with Crippen LogP contribution in [0.1, 0.15) is 35.0 Å². The molecule has 0 spiro atoms. The molecule has 0 saturated carbocycles. The monoisotopic (exact) mass is 395 g/mol. The second kappa shape index (κ2) is 6.16. The summed E-state index contributed by atoms with van der Waals surface area (Å²) in [7, 11) is 0. The van der Waals surface area contributed by atoms with Crippen molar-refractivity contribution in [2.24, 2.45) is 0 Å². The van der Waals surface area contributed by atoms with Gasteiger partial charge in [-0.15, -0.1) is 15.3 Å². The molecule has 1 atom stereocenters. The van der Waals surface area contributed by atoms with Crippen LogP contribution in [0.2, 0.25) is 0 Å². The minimum absolute atomic E-state index is 0.00306. The van der Waals surface area contributed by atoms with Crippen LogP contribution in [-0.2, 0) is 4.79 Å². The van der Waals surface area contributed by atoms with E-state index in [0.29, 0.717) is 34.4 Å². The molecule has 1 aliphatic heterocycles. The molecule has 0 radical (unpaired) electrons. The number of hydrogen-bond acceptors (Lipinski definition) is 5. The van der Waals surface area contributed by atoms with E-state index >= 15 is 0 Å². The SMILES string of the molecule is Cc1nn(-c2ccc3nnc(C)n3n2)c2c1C(c1cc(F)ccc1F)CC(=O)N2. The lowest BCUT2D eigenvalue weighted by Crippen LogP contribution is -2.25. The first-order valence-corrected chi connectivity index (χ1v) is 8.96. The third-order valence-electron chi connectivity index (χ3n) is 5.06. The Morgan fingerprint density at radius 2 is 1.93 bits per heavy atom. The molecule has 1 aliphatic rings. The molecule has 3 aromatic heterocycles. The van der Waals surface area contributed by atoms with Crippen molar-refractivity contribution < 1.29 is 13.6 Å². The van der Waals surface area contributed by atoms with Gasteiger partial charge in [0, 0.05) is 17.9 Å². The zero-order chi connectivity index (χ0) is 20.3. The van der Waals surface area contributed by atoms with Crippen LogP contribution in [0.3, 0.4) is 0 Å². The van der Waals surface area contributed by atoms with Gasteiger partial charge in [0.15, 0.2) is 17.3 Å². The number of fused-ring (bicyclic) bond motifs is 2. The molecule has 5 rings (SSSR count). The van der Waals surface area contributed by atoms with E-state index in [4.69, 9.17) is 0 Å². The summed E-state index contributed by atoms with van der Waals surface area (Å²) in [6, 6.07) is 6.69. The van der Waals surface area contributed by atoms with Gasteiger partial charge in [0.2, 0.25) is 5.91 Å². The Kier molecular flexibility index (Phi) is 3.70. The second-order valence-corrected chi connectivity index (χ2v) is 6.94. The minimum Gasteiger partial charge on any atom is -0.310 e. The Labute approximate surface area is 163 Å². The van der Waals surface area contributed by atoms with Crippen molar-refractivity contribution >= 4 is 17.4 Å². The maximum Gasteiger partial charge on any atom is 0.226 e. The number of benzene rings is 1. The van der Waals surface area contributed by atoms with Crippen molar-refractivity contribution in [1.82, 2.24) is 29.6 Å². The molecule has 1 unspecified atom stereocenters. The predicted octanol–water partition coefficient (Wildman–Crippen LogP) is 2.68. The molecule has 0 aliphatic carbocycles. The number of nitrogens with one attached hydrogen (secondary N) is 1. The fourth-order valence-electron chi connectivity index (χ4n) is 3.76. The summed E-state index contributed by atoms with van der Waals surface area (Å²) in [4.78, 5) is 12.4. The highest BCUT2D eigenvalue weighted by molar-refractivity contribution is 5.95. The summed E-state index contributed by atoms with van der Waals surface area (Å²) in [5.74, 6) is -0.658. The Morgan fingerprint density at radius 3 is 2.76 bits per heavy atom. The first kappa shape index (κ1) is 17.4. The molecule has 0 fully saturated rings. The van der Waals surface area contributed by atoms with E-state index in [-0.39, 0.29) is 17.9 Å². The van der Waals surface area contributed by atoms with E-state index in [2.05, 4.69) is 25.7 Å². The van der Waals surface area contributed by atoms with Crippen LogP contribution < -0.4 is 5.32 Å². The van der Waals surface area contributed by atoms with Crippen molar-refractivity contribution in [2.75, 3.05) is 5.32 Å². The van der Waals surface area contributed by atoms with E-state index in [9.17, 15) is 13.6 Å². The van der Waals surface area contributed by atoms with Crippen LogP contribution in [0.25, 0.3) is 11.5 Å². The number of carbonyl (C=O) groups is 1. The lowest BCUT2D eigenvalue weighted by molar-refractivity contribution is -0.116. The molecular formula is C19H15F2N7O. The molecule has 4 heterocycles. The van der Waals surface area contributed by atoms with Crippen LogP contribution in [-0.4, -0.2) is 35.5 Å². The molecule has 1 N–H and O–H groups in total.